The van der Waals surface area contributed by atoms with Gasteiger partial charge in [0.2, 0.25) is 0 Å². The maximum atomic E-state index is 12.1. The molecule has 0 fully saturated rings. The van der Waals surface area contributed by atoms with Crippen molar-refractivity contribution in [2.24, 2.45) is 0 Å². The van der Waals surface area contributed by atoms with Gasteiger partial charge in [-0.1, -0.05) is 12.1 Å². The van der Waals surface area contributed by atoms with Crippen LogP contribution in [0.25, 0.3) is 10.8 Å². The van der Waals surface area contributed by atoms with Gasteiger partial charge in [0.25, 0.3) is 0 Å². The van der Waals surface area contributed by atoms with Crippen molar-refractivity contribution in [3.05, 3.63) is 36.4 Å². The zero-order valence-corrected chi connectivity index (χ0v) is 15.8. The molecule has 0 aliphatic rings. The smallest absolute Gasteiger partial charge is 0.410 e. The van der Waals surface area contributed by atoms with Crippen LogP contribution in [0.4, 0.5) is 9.59 Å². The highest BCUT2D eigenvalue weighted by Gasteiger charge is 2.14. The largest absolute Gasteiger partial charge is 0.415 e. The van der Waals surface area contributed by atoms with E-state index in [9.17, 15) is 9.59 Å². The summed E-state index contributed by atoms with van der Waals surface area (Å²) in [7, 11) is 0. The van der Waals surface area contributed by atoms with E-state index in [2.05, 4.69) is 0 Å². The number of hydrogen-bond donors (Lipinski definition) is 0. The number of ether oxygens (including phenoxy) is 2. The Bertz CT molecular complexity index is 707. The molecule has 0 aliphatic carbocycles. The zero-order valence-electron chi connectivity index (χ0n) is 15.8. The van der Waals surface area contributed by atoms with Gasteiger partial charge in [0.15, 0.2) is 0 Å². The minimum atomic E-state index is -0.376. The van der Waals surface area contributed by atoms with Crippen LogP contribution >= 0.6 is 0 Å². The first-order valence-corrected chi connectivity index (χ1v) is 8.99. The van der Waals surface area contributed by atoms with E-state index in [0.717, 1.165) is 10.8 Å². The first-order valence-electron chi connectivity index (χ1n) is 8.99. The molecule has 0 atom stereocenters. The number of hydrogen-bond acceptors (Lipinski definition) is 4. The normalized spacial score (nSPS) is 10.5. The second-order valence-electron chi connectivity index (χ2n) is 5.75. The average Bonchev–Trinajstić information content (AvgIpc) is 2.63. The molecule has 0 saturated heterocycles. The minimum Gasteiger partial charge on any atom is -0.410 e. The SMILES string of the molecule is CCN(CC)C(=O)Oc1ccc2ccc(OC(=O)N(CC)CC)cc2c1. The van der Waals surface area contributed by atoms with Crippen molar-refractivity contribution in [2.45, 2.75) is 27.7 Å². The Labute approximate surface area is 154 Å². The summed E-state index contributed by atoms with van der Waals surface area (Å²) >= 11 is 0. The standard InChI is InChI=1S/C20H26N2O4/c1-5-21(6-2)19(23)25-17-11-9-15-10-12-18(14-16(15)13-17)26-20(24)22(7-3)8-4/h9-14H,5-8H2,1-4H3. The molecule has 0 saturated carbocycles. The Balaban J connectivity index is 2.19. The summed E-state index contributed by atoms with van der Waals surface area (Å²) in [5.74, 6) is 0.920. The fraction of sp³-hybridized carbons (Fsp3) is 0.400. The predicted octanol–water partition coefficient (Wildman–Crippen LogP) is 4.52. The lowest BCUT2D eigenvalue weighted by atomic mass is 10.1. The van der Waals surface area contributed by atoms with Crippen molar-refractivity contribution in [3.8, 4) is 11.5 Å². The van der Waals surface area contributed by atoms with Gasteiger partial charge in [-0.25, -0.2) is 9.59 Å². The molecule has 2 aromatic carbocycles. The summed E-state index contributed by atoms with van der Waals surface area (Å²) in [5, 5.41) is 1.80. The Morgan fingerprint density at radius 1 is 0.692 bits per heavy atom. The first kappa shape index (κ1) is 19.6. The number of benzene rings is 2. The van der Waals surface area contributed by atoms with E-state index in [0.29, 0.717) is 37.7 Å². The van der Waals surface area contributed by atoms with Crippen molar-refractivity contribution in [3.63, 3.8) is 0 Å². The van der Waals surface area contributed by atoms with Crippen LogP contribution in [0, 0.1) is 0 Å². The van der Waals surface area contributed by atoms with Gasteiger partial charge in [-0.15, -0.1) is 0 Å². The molecule has 2 amide bonds. The summed E-state index contributed by atoms with van der Waals surface area (Å²) < 4.78 is 10.9. The molecule has 140 valence electrons. The quantitative estimate of drug-likeness (QED) is 0.762. The Morgan fingerprint density at radius 3 is 1.42 bits per heavy atom. The lowest BCUT2D eigenvalue weighted by molar-refractivity contribution is 0.156. The lowest BCUT2D eigenvalue weighted by Gasteiger charge is -2.18. The fourth-order valence-corrected chi connectivity index (χ4v) is 2.62. The highest BCUT2D eigenvalue weighted by atomic mass is 16.6. The number of carbonyl (C=O) groups excluding carboxylic acids is 2. The third-order valence-electron chi connectivity index (χ3n) is 4.24. The topological polar surface area (TPSA) is 59.1 Å². The fourth-order valence-electron chi connectivity index (χ4n) is 2.62. The molecule has 0 aliphatic heterocycles. The van der Waals surface area contributed by atoms with E-state index < -0.39 is 0 Å². The van der Waals surface area contributed by atoms with Crippen LogP contribution in [0.5, 0.6) is 11.5 Å². The van der Waals surface area contributed by atoms with E-state index >= 15 is 0 Å². The molecule has 2 aromatic rings. The Kier molecular flexibility index (Phi) is 6.83. The highest BCUT2D eigenvalue weighted by Crippen LogP contribution is 2.26. The van der Waals surface area contributed by atoms with Gasteiger partial charge in [0.1, 0.15) is 11.5 Å². The third kappa shape index (κ3) is 4.65. The third-order valence-corrected chi connectivity index (χ3v) is 4.24. The molecule has 26 heavy (non-hydrogen) atoms. The number of fused-ring (bicyclic) bond motifs is 1. The molecule has 6 nitrogen and oxygen atoms in total. The number of carbonyl (C=O) groups is 2. The van der Waals surface area contributed by atoms with E-state index in [4.69, 9.17) is 9.47 Å². The molecule has 6 heteroatoms. The molecule has 0 aromatic heterocycles. The first-order chi connectivity index (χ1) is 12.5. The lowest BCUT2D eigenvalue weighted by Crippen LogP contribution is -2.33. The molecule has 2 rings (SSSR count). The monoisotopic (exact) mass is 358 g/mol. The van der Waals surface area contributed by atoms with Crippen molar-refractivity contribution in [1.82, 2.24) is 9.80 Å². The van der Waals surface area contributed by atoms with Crippen LogP contribution in [0.2, 0.25) is 0 Å². The summed E-state index contributed by atoms with van der Waals surface area (Å²) in [6.45, 7) is 9.98. The predicted molar refractivity (Wildman–Crippen MR) is 102 cm³/mol. The molecule has 0 unspecified atom stereocenters. The van der Waals surface area contributed by atoms with E-state index in [1.807, 2.05) is 39.8 Å². The molecular formula is C20H26N2O4. The minimum absolute atomic E-state index is 0.376. The van der Waals surface area contributed by atoms with Crippen LogP contribution in [0.1, 0.15) is 27.7 Å². The summed E-state index contributed by atoms with van der Waals surface area (Å²) in [6.07, 6.45) is -0.753. The average molecular weight is 358 g/mol. The molecule has 0 radical (unpaired) electrons. The van der Waals surface area contributed by atoms with Crippen molar-refractivity contribution < 1.29 is 19.1 Å². The second kappa shape index (κ2) is 9.08. The van der Waals surface area contributed by atoms with E-state index in [1.165, 1.54) is 0 Å². The maximum Gasteiger partial charge on any atom is 0.415 e. The second-order valence-corrected chi connectivity index (χ2v) is 5.75. The van der Waals surface area contributed by atoms with Crippen molar-refractivity contribution in [2.75, 3.05) is 26.2 Å². The summed E-state index contributed by atoms with van der Waals surface area (Å²) in [6, 6.07) is 10.8. The van der Waals surface area contributed by atoms with Crippen LogP contribution in [-0.2, 0) is 0 Å². The van der Waals surface area contributed by atoms with Gasteiger partial charge in [-0.2, -0.15) is 0 Å². The number of amides is 2. The number of rotatable bonds is 6. The van der Waals surface area contributed by atoms with Gasteiger partial charge < -0.3 is 19.3 Å². The Hall–Kier alpha value is -2.76. The van der Waals surface area contributed by atoms with Gasteiger partial charge in [0, 0.05) is 26.2 Å². The molecule has 0 N–H and O–H groups in total. The van der Waals surface area contributed by atoms with E-state index in [-0.39, 0.29) is 12.2 Å². The molecular weight excluding hydrogens is 332 g/mol. The van der Waals surface area contributed by atoms with Crippen molar-refractivity contribution in [1.29, 1.82) is 0 Å². The van der Waals surface area contributed by atoms with E-state index in [1.54, 1.807) is 34.1 Å². The number of nitrogens with zero attached hydrogens (tertiary/aromatic N) is 2. The zero-order chi connectivity index (χ0) is 19.1. The van der Waals surface area contributed by atoms with Gasteiger partial charge in [0.05, 0.1) is 0 Å². The Morgan fingerprint density at radius 2 is 1.08 bits per heavy atom. The highest BCUT2D eigenvalue weighted by molar-refractivity contribution is 5.86. The van der Waals surface area contributed by atoms with Crippen LogP contribution in [0.15, 0.2) is 36.4 Å². The van der Waals surface area contributed by atoms with Crippen LogP contribution in [-0.4, -0.2) is 48.2 Å². The summed E-state index contributed by atoms with van der Waals surface area (Å²) in [4.78, 5) is 27.4. The van der Waals surface area contributed by atoms with Crippen molar-refractivity contribution >= 4 is 23.0 Å². The molecule has 0 heterocycles. The van der Waals surface area contributed by atoms with Crippen LogP contribution in [0.3, 0.4) is 0 Å². The molecule has 0 bridgehead atoms. The van der Waals surface area contributed by atoms with Gasteiger partial charge in [-0.05, 0) is 62.7 Å². The van der Waals surface area contributed by atoms with Gasteiger partial charge >= 0.3 is 12.2 Å². The maximum absolute atomic E-state index is 12.1. The van der Waals surface area contributed by atoms with Crippen LogP contribution < -0.4 is 9.47 Å². The summed E-state index contributed by atoms with van der Waals surface area (Å²) in [5.41, 5.74) is 0. The molecule has 0 spiro atoms. The van der Waals surface area contributed by atoms with Gasteiger partial charge in [-0.3, -0.25) is 0 Å².